The van der Waals surface area contributed by atoms with E-state index in [1.807, 2.05) is 0 Å². The highest BCUT2D eigenvalue weighted by Gasteiger charge is 2.25. The minimum Gasteiger partial charge on any atom is -0.464 e. The Hall–Kier alpha value is -1.54. The largest absolute Gasteiger partial charge is 0.464 e. The lowest BCUT2D eigenvalue weighted by Gasteiger charge is -2.13. The minimum atomic E-state index is -1.59. The summed E-state index contributed by atoms with van der Waals surface area (Å²) in [7, 11) is 0. The minimum absolute atomic E-state index is 0.00518. The molecule has 19 heavy (non-hydrogen) atoms. The molecule has 0 aliphatic heterocycles. The summed E-state index contributed by atoms with van der Waals surface area (Å²) in [6.07, 6.45) is 0. The van der Waals surface area contributed by atoms with E-state index in [0.717, 1.165) is 6.07 Å². The van der Waals surface area contributed by atoms with E-state index in [1.54, 1.807) is 6.92 Å². The molecule has 0 aliphatic carbocycles. The second-order valence-electron chi connectivity index (χ2n) is 3.46. The number of hydrogen-bond acceptors (Lipinski definition) is 4. The summed E-state index contributed by atoms with van der Waals surface area (Å²) in [5.41, 5.74) is 5.03. The van der Waals surface area contributed by atoms with Crippen molar-refractivity contribution < 1.29 is 23.1 Å². The Kier molecular flexibility index (Phi) is 5.37. The van der Waals surface area contributed by atoms with Gasteiger partial charge < -0.3 is 15.8 Å². The summed E-state index contributed by atoms with van der Waals surface area (Å²) in [4.78, 5) is 22.8. The third-order valence-electron chi connectivity index (χ3n) is 2.08. The lowest BCUT2D eigenvalue weighted by molar-refractivity contribution is -0.146. The fourth-order valence-corrected chi connectivity index (χ4v) is 1.71. The first-order chi connectivity index (χ1) is 8.86. The molecule has 0 radical (unpaired) electrons. The molecule has 3 N–H and O–H groups in total. The van der Waals surface area contributed by atoms with Gasteiger partial charge in [-0.2, -0.15) is 0 Å². The van der Waals surface area contributed by atoms with Crippen molar-refractivity contribution >= 4 is 33.5 Å². The average Bonchev–Trinajstić information content (AvgIpc) is 2.32. The molecule has 0 fully saturated rings. The number of anilines is 1. The van der Waals surface area contributed by atoms with Crippen LogP contribution in [0.4, 0.5) is 14.5 Å². The quantitative estimate of drug-likeness (QED) is 0.645. The van der Waals surface area contributed by atoms with Gasteiger partial charge in [0.2, 0.25) is 0 Å². The van der Waals surface area contributed by atoms with Gasteiger partial charge in [-0.25, -0.2) is 13.6 Å². The maximum atomic E-state index is 13.4. The van der Waals surface area contributed by atoms with Crippen molar-refractivity contribution in [3.8, 4) is 0 Å². The molecular formula is C11H11BrF2N2O3. The van der Waals surface area contributed by atoms with Gasteiger partial charge in [0.15, 0.2) is 11.9 Å². The molecule has 0 aromatic heterocycles. The van der Waals surface area contributed by atoms with Crippen LogP contribution >= 0.6 is 15.9 Å². The number of ether oxygens (including phenoxy) is 1. The Labute approximate surface area is 116 Å². The maximum absolute atomic E-state index is 13.4. The SMILES string of the molecule is CCOC(=O)C(N)C(=O)Nc1c(F)cc(F)cc1Br. The summed E-state index contributed by atoms with van der Waals surface area (Å²) < 4.78 is 30.8. The lowest BCUT2D eigenvalue weighted by Crippen LogP contribution is -2.43. The molecule has 0 heterocycles. The zero-order valence-corrected chi connectivity index (χ0v) is 11.5. The van der Waals surface area contributed by atoms with Gasteiger partial charge in [0, 0.05) is 10.5 Å². The number of nitrogens with two attached hydrogens (primary N) is 1. The summed E-state index contributed by atoms with van der Waals surface area (Å²) in [6, 6.07) is -0.0264. The first kappa shape index (κ1) is 15.5. The third kappa shape index (κ3) is 3.97. The van der Waals surface area contributed by atoms with Crippen LogP contribution in [0.2, 0.25) is 0 Å². The van der Waals surface area contributed by atoms with Crippen LogP contribution in [0.3, 0.4) is 0 Å². The number of esters is 1. The zero-order chi connectivity index (χ0) is 14.6. The molecule has 1 atom stereocenters. The van der Waals surface area contributed by atoms with Crippen molar-refractivity contribution in [3.63, 3.8) is 0 Å². The number of carbonyl (C=O) groups is 2. The van der Waals surface area contributed by atoms with Crippen LogP contribution < -0.4 is 11.1 Å². The number of benzene rings is 1. The van der Waals surface area contributed by atoms with E-state index in [-0.39, 0.29) is 16.8 Å². The van der Waals surface area contributed by atoms with E-state index in [9.17, 15) is 18.4 Å². The molecule has 1 aromatic rings. The van der Waals surface area contributed by atoms with Crippen LogP contribution in [0.25, 0.3) is 0 Å². The highest BCUT2D eigenvalue weighted by Crippen LogP contribution is 2.26. The summed E-state index contributed by atoms with van der Waals surface area (Å²) in [5.74, 6) is -3.68. The van der Waals surface area contributed by atoms with Gasteiger partial charge in [-0.3, -0.25) is 4.79 Å². The van der Waals surface area contributed by atoms with Gasteiger partial charge in [0.25, 0.3) is 5.91 Å². The number of nitrogens with one attached hydrogen (secondary N) is 1. The zero-order valence-electron chi connectivity index (χ0n) is 9.88. The molecule has 1 rings (SSSR count). The van der Waals surface area contributed by atoms with Gasteiger partial charge in [-0.05, 0) is 28.9 Å². The van der Waals surface area contributed by atoms with Crippen LogP contribution in [0.1, 0.15) is 6.92 Å². The molecule has 0 saturated carbocycles. The molecule has 104 valence electrons. The third-order valence-corrected chi connectivity index (χ3v) is 2.70. The molecule has 1 amide bonds. The van der Waals surface area contributed by atoms with Gasteiger partial charge in [-0.1, -0.05) is 0 Å². The lowest BCUT2D eigenvalue weighted by atomic mass is 10.2. The fourth-order valence-electron chi connectivity index (χ4n) is 1.20. The Morgan fingerprint density at radius 1 is 1.47 bits per heavy atom. The molecule has 0 saturated heterocycles. The van der Waals surface area contributed by atoms with Crippen molar-refractivity contribution in [2.24, 2.45) is 5.73 Å². The van der Waals surface area contributed by atoms with Crippen LogP contribution in [0.15, 0.2) is 16.6 Å². The van der Waals surface area contributed by atoms with E-state index in [4.69, 9.17) is 5.73 Å². The van der Waals surface area contributed by atoms with Crippen LogP contribution in [-0.4, -0.2) is 24.5 Å². The van der Waals surface area contributed by atoms with Gasteiger partial charge in [-0.15, -0.1) is 0 Å². The predicted molar refractivity (Wildman–Crippen MR) is 67.3 cm³/mol. The van der Waals surface area contributed by atoms with Crippen molar-refractivity contribution in [2.45, 2.75) is 13.0 Å². The summed E-state index contributed by atoms with van der Waals surface area (Å²) >= 11 is 2.89. The first-order valence-electron chi connectivity index (χ1n) is 5.24. The first-order valence-corrected chi connectivity index (χ1v) is 6.03. The molecule has 8 heteroatoms. The smallest absolute Gasteiger partial charge is 0.332 e. The predicted octanol–water partition coefficient (Wildman–Crippen LogP) is 1.56. The van der Waals surface area contributed by atoms with E-state index < -0.39 is 29.6 Å². The Balaban J connectivity index is 2.86. The molecule has 1 aromatic carbocycles. The highest BCUT2D eigenvalue weighted by atomic mass is 79.9. The van der Waals surface area contributed by atoms with E-state index >= 15 is 0 Å². The Morgan fingerprint density at radius 2 is 2.11 bits per heavy atom. The van der Waals surface area contributed by atoms with Crippen LogP contribution in [-0.2, 0) is 14.3 Å². The highest BCUT2D eigenvalue weighted by molar-refractivity contribution is 9.10. The molecule has 0 aliphatic rings. The maximum Gasteiger partial charge on any atom is 0.332 e. The Morgan fingerprint density at radius 3 is 2.63 bits per heavy atom. The van der Waals surface area contributed by atoms with Crippen molar-refractivity contribution in [2.75, 3.05) is 11.9 Å². The van der Waals surface area contributed by atoms with Crippen LogP contribution in [0, 0.1) is 11.6 Å². The standard InChI is InChI=1S/C11H11BrF2N2O3/c1-2-19-11(18)8(15)10(17)16-9-6(12)3-5(13)4-7(9)14/h3-4,8H,2,15H2,1H3,(H,16,17). The van der Waals surface area contributed by atoms with Gasteiger partial charge in [0.1, 0.15) is 5.82 Å². The fraction of sp³-hybridized carbons (Fsp3) is 0.273. The number of rotatable bonds is 4. The molecule has 1 unspecified atom stereocenters. The molecule has 0 bridgehead atoms. The second kappa shape index (κ2) is 6.58. The number of amides is 1. The second-order valence-corrected chi connectivity index (χ2v) is 4.32. The normalized spacial score (nSPS) is 11.8. The van der Waals surface area contributed by atoms with Crippen molar-refractivity contribution in [1.29, 1.82) is 0 Å². The van der Waals surface area contributed by atoms with Crippen LogP contribution in [0.5, 0.6) is 0 Å². The van der Waals surface area contributed by atoms with Gasteiger partial charge in [0.05, 0.1) is 12.3 Å². The molecule has 5 nitrogen and oxygen atoms in total. The number of halogens is 3. The van der Waals surface area contributed by atoms with Gasteiger partial charge >= 0.3 is 5.97 Å². The average molecular weight is 337 g/mol. The Bertz CT molecular complexity index is 488. The summed E-state index contributed by atoms with van der Waals surface area (Å²) in [6.45, 7) is 1.62. The van der Waals surface area contributed by atoms with E-state index in [1.165, 1.54) is 0 Å². The van der Waals surface area contributed by atoms with E-state index in [0.29, 0.717) is 6.07 Å². The number of hydrogen-bond donors (Lipinski definition) is 2. The molecular weight excluding hydrogens is 326 g/mol. The number of carbonyl (C=O) groups excluding carboxylic acids is 2. The topological polar surface area (TPSA) is 81.4 Å². The van der Waals surface area contributed by atoms with Crippen molar-refractivity contribution in [3.05, 3.63) is 28.2 Å². The van der Waals surface area contributed by atoms with E-state index in [2.05, 4.69) is 26.0 Å². The summed E-state index contributed by atoms with van der Waals surface area (Å²) in [5, 5.41) is 2.09. The molecule has 0 spiro atoms. The monoisotopic (exact) mass is 336 g/mol. The van der Waals surface area contributed by atoms with Crippen molar-refractivity contribution in [1.82, 2.24) is 0 Å².